The van der Waals surface area contributed by atoms with Crippen LogP contribution in [0.15, 0.2) is 48.7 Å². The van der Waals surface area contributed by atoms with Crippen LogP contribution in [0.2, 0.25) is 0 Å². The molecule has 0 N–H and O–H groups in total. The van der Waals surface area contributed by atoms with Crippen molar-refractivity contribution < 1.29 is 9.53 Å². The van der Waals surface area contributed by atoms with Crippen LogP contribution in [-0.4, -0.2) is 34.7 Å². The first-order chi connectivity index (χ1) is 14.4. The van der Waals surface area contributed by atoms with Gasteiger partial charge in [0.2, 0.25) is 0 Å². The van der Waals surface area contributed by atoms with Gasteiger partial charge in [-0.05, 0) is 76.9 Å². The van der Waals surface area contributed by atoms with E-state index in [2.05, 4.69) is 17.9 Å². The number of likely N-dealkylation sites (tertiary alicyclic amines) is 1. The summed E-state index contributed by atoms with van der Waals surface area (Å²) in [5.74, 6) is 0.579. The zero-order valence-corrected chi connectivity index (χ0v) is 18.8. The Hall–Kier alpha value is -2.40. The van der Waals surface area contributed by atoms with Crippen LogP contribution in [0, 0.1) is 0 Å². The molecule has 1 fully saturated rings. The second-order valence-corrected chi connectivity index (χ2v) is 9.00. The van der Waals surface area contributed by atoms with Gasteiger partial charge < -0.3 is 4.74 Å². The molecule has 0 saturated carbocycles. The van der Waals surface area contributed by atoms with Crippen molar-refractivity contribution in [1.82, 2.24) is 9.88 Å². The number of rotatable bonds is 6. The van der Waals surface area contributed by atoms with Gasteiger partial charge in [-0.1, -0.05) is 44.0 Å². The first-order valence-corrected chi connectivity index (χ1v) is 11.2. The average molecular weight is 410 g/mol. The minimum absolute atomic E-state index is 0.415. The Morgan fingerprint density at radius 2 is 1.93 bits per heavy atom. The molecule has 1 aliphatic rings. The topological polar surface area (TPSA) is 45.7 Å². The van der Waals surface area contributed by atoms with Gasteiger partial charge in [-0.2, -0.15) is 0 Å². The predicted molar refractivity (Wildman–Crippen MR) is 122 cm³/mol. The number of aromatic nitrogens is 1. The quantitative estimate of drug-likeness (QED) is 0.547. The van der Waals surface area contributed by atoms with Crippen molar-refractivity contribution in [3.05, 3.63) is 54.2 Å². The fraction of sp³-hybridized carbons (Fsp3) is 0.520. The van der Waals surface area contributed by atoms with Crippen LogP contribution >= 0.6 is 0 Å². The summed E-state index contributed by atoms with van der Waals surface area (Å²) in [6, 6.07) is 14.0. The third-order valence-electron chi connectivity index (χ3n) is 5.39. The van der Waals surface area contributed by atoms with E-state index in [1.807, 2.05) is 63.4 Å². The van der Waals surface area contributed by atoms with E-state index in [0.29, 0.717) is 11.9 Å². The lowest BCUT2D eigenvalue weighted by Gasteiger charge is -2.36. The van der Waals surface area contributed by atoms with Gasteiger partial charge in [0.25, 0.3) is 0 Å². The first-order valence-electron chi connectivity index (χ1n) is 11.2. The van der Waals surface area contributed by atoms with Crippen molar-refractivity contribution in [2.45, 2.75) is 71.4 Å². The molecule has 1 aliphatic heterocycles. The Balaban J connectivity index is 1.85. The monoisotopic (exact) mass is 409 g/mol. The standard InChI is InChI=1S/C25H35N3O2/c1-5-6-17-27-18-11-10-14-22(27)20-15-16-23(26-19-20)28(21-12-8-7-9-13-21)24(29)30-25(2,3)4/h7-9,12-13,15-16,19,22H,5-6,10-11,14,17-18H2,1-4H3. The number of unbranched alkanes of at least 4 members (excludes halogenated alkanes) is 1. The van der Waals surface area contributed by atoms with Gasteiger partial charge in [0, 0.05) is 12.2 Å². The number of benzene rings is 1. The number of nitrogens with zero attached hydrogens (tertiary/aromatic N) is 3. The molecule has 0 bridgehead atoms. The highest BCUT2D eigenvalue weighted by molar-refractivity contribution is 5.95. The van der Waals surface area contributed by atoms with Crippen molar-refractivity contribution in [3.8, 4) is 0 Å². The van der Waals surface area contributed by atoms with E-state index in [9.17, 15) is 4.79 Å². The van der Waals surface area contributed by atoms with Crippen LogP contribution in [0.1, 0.15) is 71.4 Å². The fourth-order valence-corrected chi connectivity index (χ4v) is 3.94. The van der Waals surface area contributed by atoms with E-state index in [1.165, 1.54) is 37.7 Å². The fourth-order valence-electron chi connectivity index (χ4n) is 3.94. The van der Waals surface area contributed by atoms with E-state index in [0.717, 1.165) is 18.8 Å². The third kappa shape index (κ3) is 5.82. The van der Waals surface area contributed by atoms with Crippen molar-refractivity contribution in [1.29, 1.82) is 0 Å². The largest absolute Gasteiger partial charge is 0.443 e. The highest BCUT2D eigenvalue weighted by Crippen LogP contribution is 2.32. The zero-order valence-electron chi connectivity index (χ0n) is 18.8. The normalized spacial score (nSPS) is 17.5. The molecule has 1 unspecified atom stereocenters. The molecule has 1 aromatic heterocycles. The SMILES string of the molecule is CCCCN1CCCCC1c1ccc(N(C(=O)OC(C)(C)C)c2ccccc2)nc1. The Morgan fingerprint density at radius 3 is 2.57 bits per heavy atom. The molecular weight excluding hydrogens is 374 g/mol. The highest BCUT2D eigenvalue weighted by Gasteiger charge is 2.27. The zero-order chi connectivity index (χ0) is 21.6. The lowest BCUT2D eigenvalue weighted by Crippen LogP contribution is -2.35. The number of carbonyl (C=O) groups is 1. The molecule has 2 aromatic rings. The maximum atomic E-state index is 13.0. The number of hydrogen-bond acceptors (Lipinski definition) is 4. The summed E-state index contributed by atoms with van der Waals surface area (Å²) in [6.07, 6.45) is 7.64. The summed E-state index contributed by atoms with van der Waals surface area (Å²) in [7, 11) is 0. The number of carbonyl (C=O) groups excluding carboxylic acids is 1. The summed E-state index contributed by atoms with van der Waals surface area (Å²) in [6.45, 7) is 10.2. The maximum Gasteiger partial charge on any atom is 0.420 e. The van der Waals surface area contributed by atoms with E-state index < -0.39 is 11.7 Å². The molecule has 162 valence electrons. The van der Waals surface area contributed by atoms with Crippen LogP contribution in [-0.2, 0) is 4.74 Å². The number of hydrogen-bond donors (Lipinski definition) is 0. The van der Waals surface area contributed by atoms with Gasteiger partial charge in [0.15, 0.2) is 0 Å². The minimum Gasteiger partial charge on any atom is -0.443 e. The Labute approximate surface area is 181 Å². The van der Waals surface area contributed by atoms with Crippen molar-refractivity contribution in [2.24, 2.45) is 0 Å². The molecule has 1 atom stereocenters. The molecule has 1 aromatic carbocycles. The smallest absolute Gasteiger partial charge is 0.420 e. The molecule has 0 spiro atoms. The van der Waals surface area contributed by atoms with Gasteiger partial charge in [-0.3, -0.25) is 4.90 Å². The van der Waals surface area contributed by atoms with E-state index >= 15 is 0 Å². The highest BCUT2D eigenvalue weighted by atomic mass is 16.6. The molecule has 1 saturated heterocycles. The molecule has 2 heterocycles. The molecule has 30 heavy (non-hydrogen) atoms. The van der Waals surface area contributed by atoms with Gasteiger partial charge >= 0.3 is 6.09 Å². The van der Waals surface area contributed by atoms with Gasteiger partial charge in [-0.25, -0.2) is 14.7 Å². The second kappa shape index (κ2) is 10.1. The van der Waals surface area contributed by atoms with Crippen molar-refractivity contribution in [3.63, 3.8) is 0 Å². The first kappa shape index (κ1) is 22.3. The average Bonchev–Trinajstić information content (AvgIpc) is 2.73. The van der Waals surface area contributed by atoms with E-state index in [-0.39, 0.29) is 0 Å². The molecule has 1 amide bonds. The summed E-state index contributed by atoms with van der Waals surface area (Å²) in [5.41, 5.74) is 1.40. The van der Waals surface area contributed by atoms with Gasteiger partial charge in [-0.15, -0.1) is 0 Å². The number of anilines is 2. The van der Waals surface area contributed by atoms with Crippen molar-refractivity contribution in [2.75, 3.05) is 18.0 Å². The Kier molecular flexibility index (Phi) is 7.48. The van der Waals surface area contributed by atoms with Gasteiger partial charge in [0.05, 0.1) is 5.69 Å². The summed E-state index contributed by atoms with van der Waals surface area (Å²) in [4.78, 5) is 21.8. The number of amides is 1. The Bertz CT molecular complexity index is 799. The minimum atomic E-state index is -0.577. The van der Waals surface area contributed by atoms with E-state index in [4.69, 9.17) is 9.72 Å². The number of pyridine rings is 1. The van der Waals surface area contributed by atoms with Crippen molar-refractivity contribution >= 4 is 17.6 Å². The van der Waals surface area contributed by atoms with Crippen LogP contribution in [0.25, 0.3) is 0 Å². The second-order valence-electron chi connectivity index (χ2n) is 9.00. The third-order valence-corrected chi connectivity index (χ3v) is 5.39. The van der Waals surface area contributed by atoms with Gasteiger partial charge in [0.1, 0.15) is 11.4 Å². The number of ether oxygens (including phenoxy) is 1. The number of piperidine rings is 1. The summed E-state index contributed by atoms with van der Waals surface area (Å²) >= 11 is 0. The summed E-state index contributed by atoms with van der Waals surface area (Å²) in [5, 5.41) is 0. The Morgan fingerprint density at radius 1 is 1.17 bits per heavy atom. The summed E-state index contributed by atoms with van der Waals surface area (Å²) < 4.78 is 5.66. The molecule has 5 nitrogen and oxygen atoms in total. The molecule has 5 heteroatoms. The maximum absolute atomic E-state index is 13.0. The predicted octanol–water partition coefficient (Wildman–Crippen LogP) is 6.48. The van der Waals surface area contributed by atoms with E-state index in [1.54, 1.807) is 4.90 Å². The van der Waals surface area contributed by atoms with Crippen LogP contribution < -0.4 is 4.90 Å². The van der Waals surface area contributed by atoms with Crippen LogP contribution in [0.4, 0.5) is 16.3 Å². The lowest BCUT2D eigenvalue weighted by molar-refractivity contribution is 0.0598. The molecular formula is C25H35N3O2. The molecule has 0 aliphatic carbocycles. The lowest BCUT2D eigenvalue weighted by atomic mass is 9.96. The molecule has 3 rings (SSSR count). The number of para-hydroxylation sites is 1. The molecule has 0 radical (unpaired) electrons. The van der Waals surface area contributed by atoms with Crippen LogP contribution in [0.3, 0.4) is 0 Å². The van der Waals surface area contributed by atoms with Crippen LogP contribution in [0.5, 0.6) is 0 Å².